The van der Waals surface area contributed by atoms with Crippen LogP contribution in [0.4, 0.5) is 11.4 Å². The third-order valence-electron chi connectivity index (χ3n) is 2.76. The Morgan fingerprint density at radius 1 is 1.48 bits per heavy atom. The molecule has 0 spiro atoms. The molecule has 0 atom stereocenters. The first kappa shape index (κ1) is 14.4. The molecule has 0 fully saturated rings. The number of aromatic nitrogens is 2. The van der Waals surface area contributed by atoms with Crippen LogP contribution in [0.25, 0.3) is 0 Å². The van der Waals surface area contributed by atoms with Gasteiger partial charge in [0.2, 0.25) is 5.89 Å². The maximum atomic E-state index is 12.1. The van der Waals surface area contributed by atoms with Crippen molar-refractivity contribution in [2.24, 2.45) is 0 Å². The van der Waals surface area contributed by atoms with Crippen LogP contribution in [-0.2, 0) is 6.42 Å². The Bertz CT molecular complexity index is 641. The van der Waals surface area contributed by atoms with E-state index in [-0.39, 0.29) is 17.8 Å². The van der Waals surface area contributed by atoms with Crippen molar-refractivity contribution in [2.75, 3.05) is 18.9 Å². The summed E-state index contributed by atoms with van der Waals surface area (Å²) in [5.41, 5.74) is 0.365. The highest BCUT2D eigenvalue weighted by Crippen LogP contribution is 2.22. The van der Waals surface area contributed by atoms with E-state index >= 15 is 0 Å². The fraction of sp³-hybridized carbons (Fsp3) is 0.250. The lowest BCUT2D eigenvalue weighted by atomic mass is 10.1. The SMILES string of the molecule is CNc1ccc([N+](=O)[O-])c(C(=O)NCCc2ncno2)c1. The average molecular weight is 291 g/mol. The molecule has 0 radical (unpaired) electrons. The largest absolute Gasteiger partial charge is 0.388 e. The molecule has 110 valence electrons. The molecule has 0 aliphatic carbocycles. The monoisotopic (exact) mass is 291 g/mol. The number of carbonyl (C=O) groups excluding carboxylic acids is 1. The smallest absolute Gasteiger partial charge is 0.282 e. The number of hydrogen-bond acceptors (Lipinski definition) is 7. The summed E-state index contributed by atoms with van der Waals surface area (Å²) in [5.74, 6) is -0.146. The maximum absolute atomic E-state index is 12.1. The first-order chi connectivity index (χ1) is 10.1. The van der Waals surface area contributed by atoms with Gasteiger partial charge in [0, 0.05) is 31.8 Å². The molecule has 0 saturated heterocycles. The van der Waals surface area contributed by atoms with Crippen molar-refractivity contribution in [3.05, 3.63) is 46.1 Å². The molecule has 1 amide bonds. The second kappa shape index (κ2) is 6.46. The van der Waals surface area contributed by atoms with Gasteiger partial charge in [0.15, 0.2) is 6.33 Å². The zero-order chi connectivity index (χ0) is 15.2. The molecular weight excluding hydrogens is 278 g/mol. The Labute approximate surface area is 119 Å². The summed E-state index contributed by atoms with van der Waals surface area (Å²) in [6.07, 6.45) is 1.61. The molecule has 0 saturated carbocycles. The number of anilines is 1. The second-order valence-electron chi connectivity index (χ2n) is 4.08. The lowest BCUT2D eigenvalue weighted by Gasteiger charge is -2.07. The van der Waals surface area contributed by atoms with Crippen LogP contribution in [0.1, 0.15) is 16.2 Å². The minimum atomic E-state index is -0.591. The first-order valence-electron chi connectivity index (χ1n) is 6.11. The van der Waals surface area contributed by atoms with Gasteiger partial charge in [0.25, 0.3) is 11.6 Å². The van der Waals surface area contributed by atoms with Gasteiger partial charge in [-0.2, -0.15) is 4.98 Å². The normalized spacial score (nSPS) is 10.1. The number of nitro benzene ring substituents is 1. The number of rotatable bonds is 6. The quantitative estimate of drug-likeness (QED) is 0.600. The predicted molar refractivity (Wildman–Crippen MR) is 73.0 cm³/mol. The van der Waals surface area contributed by atoms with E-state index in [1.165, 1.54) is 24.5 Å². The van der Waals surface area contributed by atoms with Crippen LogP contribution < -0.4 is 10.6 Å². The molecule has 9 nitrogen and oxygen atoms in total. The Kier molecular flexibility index (Phi) is 4.44. The molecule has 0 aliphatic heterocycles. The lowest BCUT2D eigenvalue weighted by molar-refractivity contribution is -0.385. The molecule has 0 aliphatic rings. The lowest BCUT2D eigenvalue weighted by Crippen LogP contribution is -2.26. The van der Waals surface area contributed by atoms with Gasteiger partial charge in [0.05, 0.1) is 4.92 Å². The Morgan fingerprint density at radius 3 is 2.90 bits per heavy atom. The highest BCUT2D eigenvalue weighted by atomic mass is 16.6. The summed E-state index contributed by atoms with van der Waals surface area (Å²) < 4.78 is 4.79. The number of carbonyl (C=O) groups is 1. The molecule has 2 rings (SSSR count). The zero-order valence-corrected chi connectivity index (χ0v) is 11.2. The highest BCUT2D eigenvalue weighted by Gasteiger charge is 2.20. The standard InChI is InChI=1S/C12H13N5O4/c1-13-8-2-3-10(17(19)20)9(6-8)12(18)14-5-4-11-15-7-16-21-11/h2-3,6-7,13H,4-5H2,1H3,(H,14,18). The third-order valence-corrected chi connectivity index (χ3v) is 2.76. The average Bonchev–Trinajstić information content (AvgIpc) is 2.99. The first-order valence-corrected chi connectivity index (χ1v) is 6.11. The number of nitrogens with zero attached hydrogens (tertiary/aromatic N) is 3. The van der Waals surface area contributed by atoms with Crippen LogP contribution in [0.2, 0.25) is 0 Å². The van der Waals surface area contributed by atoms with Crippen LogP contribution >= 0.6 is 0 Å². The number of hydrogen-bond donors (Lipinski definition) is 2. The van der Waals surface area contributed by atoms with Crippen LogP contribution in [-0.4, -0.2) is 34.6 Å². The highest BCUT2D eigenvalue weighted by molar-refractivity contribution is 5.99. The van der Waals surface area contributed by atoms with Crippen molar-refractivity contribution < 1.29 is 14.2 Å². The van der Waals surface area contributed by atoms with Crippen LogP contribution in [0.5, 0.6) is 0 Å². The number of amides is 1. The number of nitro groups is 1. The van der Waals surface area contributed by atoms with Crippen molar-refractivity contribution in [3.63, 3.8) is 0 Å². The molecule has 2 aromatic rings. The van der Waals surface area contributed by atoms with Gasteiger partial charge in [-0.25, -0.2) is 0 Å². The van der Waals surface area contributed by atoms with Crippen molar-refractivity contribution >= 4 is 17.3 Å². The second-order valence-corrected chi connectivity index (χ2v) is 4.08. The molecule has 21 heavy (non-hydrogen) atoms. The molecule has 9 heteroatoms. The minimum Gasteiger partial charge on any atom is -0.388 e. The van der Waals surface area contributed by atoms with E-state index in [0.29, 0.717) is 18.0 Å². The molecule has 1 aromatic heterocycles. The Hall–Kier alpha value is -2.97. The van der Waals surface area contributed by atoms with E-state index in [4.69, 9.17) is 4.52 Å². The van der Waals surface area contributed by atoms with Crippen molar-refractivity contribution in [1.29, 1.82) is 0 Å². The van der Waals surface area contributed by atoms with Crippen LogP contribution in [0.3, 0.4) is 0 Å². The topological polar surface area (TPSA) is 123 Å². The fourth-order valence-electron chi connectivity index (χ4n) is 1.72. The summed E-state index contributed by atoms with van der Waals surface area (Å²) in [6.45, 7) is 0.238. The van der Waals surface area contributed by atoms with Gasteiger partial charge in [0.1, 0.15) is 5.56 Å². The maximum Gasteiger partial charge on any atom is 0.282 e. The van der Waals surface area contributed by atoms with Gasteiger partial charge in [-0.1, -0.05) is 5.16 Å². The predicted octanol–water partition coefficient (Wildman–Crippen LogP) is 0.992. The Balaban J connectivity index is 2.08. The summed E-state index contributed by atoms with van der Waals surface area (Å²) in [4.78, 5) is 26.2. The minimum absolute atomic E-state index is 0.00243. The molecule has 0 bridgehead atoms. The summed E-state index contributed by atoms with van der Waals surface area (Å²) in [6, 6.07) is 4.26. The van der Waals surface area contributed by atoms with Crippen molar-refractivity contribution in [3.8, 4) is 0 Å². The van der Waals surface area contributed by atoms with Gasteiger partial charge in [-0.3, -0.25) is 14.9 Å². The van der Waals surface area contributed by atoms with Gasteiger partial charge in [-0.05, 0) is 12.1 Å². The summed E-state index contributed by atoms with van der Waals surface area (Å²) >= 11 is 0. The van der Waals surface area contributed by atoms with Gasteiger partial charge < -0.3 is 15.2 Å². The molecule has 2 N–H and O–H groups in total. The van der Waals surface area contributed by atoms with Crippen LogP contribution in [0, 0.1) is 10.1 Å². The molecule has 1 heterocycles. The van der Waals surface area contributed by atoms with Crippen molar-refractivity contribution in [2.45, 2.75) is 6.42 Å². The summed E-state index contributed by atoms with van der Waals surface area (Å²) in [5, 5.41) is 19.8. The van der Waals surface area contributed by atoms with E-state index in [1.807, 2.05) is 0 Å². The van der Waals surface area contributed by atoms with Crippen LogP contribution in [0.15, 0.2) is 29.0 Å². The van der Waals surface area contributed by atoms with E-state index in [9.17, 15) is 14.9 Å². The zero-order valence-electron chi connectivity index (χ0n) is 11.2. The van der Waals surface area contributed by atoms with Gasteiger partial charge in [-0.15, -0.1) is 0 Å². The molecule has 0 unspecified atom stereocenters. The number of benzene rings is 1. The van der Waals surface area contributed by atoms with Crippen molar-refractivity contribution in [1.82, 2.24) is 15.5 Å². The molecular formula is C12H13N5O4. The van der Waals surface area contributed by atoms with E-state index < -0.39 is 10.8 Å². The van der Waals surface area contributed by atoms with E-state index in [1.54, 1.807) is 7.05 Å². The fourth-order valence-corrected chi connectivity index (χ4v) is 1.72. The van der Waals surface area contributed by atoms with Gasteiger partial charge >= 0.3 is 0 Å². The van der Waals surface area contributed by atoms with E-state index in [2.05, 4.69) is 20.8 Å². The third kappa shape index (κ3) is 3.53. The molecule has 1 aromatic carbocycles. The summed E-state index contributed by atoms with van der Waals surface area (Å²) in [7, 11) is 1.67. The van der Waals surface area contributed by atoms with E-state index in [0.717, 1.165) is 0 Å². The Morgan fingerprint density at radius 2 is 2.29 bits per heavy atom. The number of nitrogens with one attached hydrogen (secondary N) is 2.